The summed E-state index contributed by atoms with van der Waals surface area (Å²) in [7, 11) is 0. The summed E-state index contributed by atoms with van der Waals surface area (Å²) in [6, 6.07) is 5.77. The lowest BCUT2D eigenvalue weighted by molar-refractivity contribution is -0.755. The lowest BCUT2D eigenvalue weighted by atomic mass is 9.82. The first-order valence-electron chi connectivity index (χ1n) is 5.62. The Morgan fingerprint density at radius 1 is 1.33 bits per heavy atom. The van der Waals surface area contributed by atoms with Gasteiger partial charge in [0.2, 0.25) is 0 Å². The number of rotatable bonds is 0. The predicted molar refractivity (Wildman–Crippen MR) is 66.0 cm³/mol. The third kappa shape index (κ3) is 2.33. The van der Waals surface area contributed by atoms with Gasteiger partial charge in [0.25, 0.3) is 0 Å². The molecule has 1 atom stereocenters. The SMILES string of the molecule is CC1=N[NH+](C(=O)O)c2cccc(C(C)(C)C)c21.[Br-]. The molecule has 0 saturated carbocycles. The molecule has 0 bridgehead atoms. The first-order valence-corrected chi connectivity index (χ1v) is 5.62. The van der Waals surface area contributed by atoms with Crippen molar-refractivity contribution in [2.75, 3.05) is 0 Å². The summed E-state index contributed by atoms with van der Waals surface area (Å²) >= 11 is 0. The number of carbonyl (C=O) groups is 1. The van der Waals surface area contributed by atoms with Gasteiger partial charge in [0.15, 0.2) is 5.69 Å². The van der Waals surface area contributed by atoms with Crippen molar-refractivity contribution in [3.8, 4) is 0 Å². The molecule has 0 spiro atoms. The van der Waals surface area contributed by atoms with Crippen molar-refractivity contribution in [2.24, 2.45) is 5.10 Å². The van der Waals surface area contributed by atoms with Gasteiger partial charge in [0.1, 0.15) is 5.71 Å². The van der Waals surface area contributed by atoms with E-state index in [1.54, 1.807) is 0 Å². The van der Waals surface area contributed by atoms with E-state index in [9.17, 15) is 4.79 Å². The third-order valence-electron chi connectivity index (χ3n) is 2.97. The smallest absolute Gasteiger partial charge is 0.544 e. The second-order valence-electron chi connectivity index (χ2n) is 5.33. The lowest BCUT2D eigenvalue weighted by Gasteiger charge is -2.21. The van der Waals surface area contributed by atoms with Gasteiger partial charge in [-0.2, -0.15) is 4.79 Å². The molecule has 0 fully saturated rings. The van der Waals surface area contributed by atoms with Crippen molar-refractivity contribution >= 4 is 17.5 Å². The highest BCUT2D eigenvalue weighted by Crippen LogP contribution is 2.31. The molecular formula is C13H17BrN2O2. The largest absolute Gasteiger partial charge is 1.00 e. The molecule has 0 radical (unpaired) electrons. The van der Waals surface area contributed by atoms with Gasteiger partial charge >= 0.3 is 6.09 Å². The van der Waals surface area contributed by atoms with E-state index in [-0.39, 0.29) is 27.4 Å². The standard InChI is InChI=1S/C13H16N2O2.BrH/c1-8-11-9(13(2,3)4)6-5-7-10(11)15(14-8)12(16)17;/h5-7H,1-4H3,(H,16,17);1H. The molecule has 0 saturated heterocycles. The average molecular weight is 313 g/mol. The second-order valence-corrected chi connectivity index (χ2v) is 5.33. The number of hydrogen-bond acceptors (Lipinski definition) is 2. The number of benzene rings is 1. The molecule has 18 heavy (non-hydrogen) atoms. The Morgan fingerprint density at radius 2 is 1.94 bits per heavy atom. The first-order chi connectivity index (χ1) is 7.82. The molecule has 1 aromatic carbocycles. The van der Waals surface area contributed by atoms with E-state index in [0.29, 0.717) is 0 Å². The zero-order valence-electron chi connectivity index (χ0n) is 10.9. The fraction of sp³-hybridized carbons (Fsp3) is 0.385. The summed E-state index contributed by atoms with van der Waals surface area (Å²) in [6.07, 6.45) is -0.964. The van der Waals surface area contributed by atoms with Crippen LogP contribution in [0, 0.1) is 0 Å². The van der Waals surface area contributed by atoms with Crippen LogP contribution < -0.4 is 22.0 Å². The summed E-state index contributed by atoms with van der Waals surface area (Å²) in [5, 5.41) is 13.4. The normalized spacial score (nSPS) is 17.8. The summed E-state index contributed by atoms with van der Waals surface area (Å²) < 4.78 is 0. The zero-order chi connectivity index (χ0) is 12.8. The second kappa shape index (κ2) is 4.82. The van der Waals surface area contributed by atoms with Gasteiger partial charge in [-0.3, -0.25) is 0 Å². The minimum atomic E-state index is -0.964. The van der Waals surface area contributed by atoms with Crippen LogP contribution in [-0.4, -0.2) is 16.9 Å². The minimum Gasteiger partial charge on any atom is -1.00 e. The average Bonchev–Trinajstić information content (AvgIpc) is 2.55. The van der Waals surface area contributed by atoms with E-state index in [0.717, 1.165) is 22.5 Å². The van der Waals surface area contributed by atoms with Gasteiger partial charge in [-0.15, -0.1) is 0 Å². The van der Waals surface area contributed by atoms with Crippen molar-refractivity contribution in [3.05, 3.63) is 29.3 Å². The van der Waals surface area contributed by atoms with Crippen LogP contribution in [0.2, 0.25) is 0 Å². The van der Waals surface area contributed by atoms with E-state index in [1.165, 1.54) is 0 Å². The maximum absolute atomic E-state index is 11.1. The van der Waals surface area contributed by atoms with Crippen LogP contribution in [0.15, 0.2) is 23.3 Å². The minimum absolute atomic E-state index is 0. The van der Waals surface area contributed by atoms with Crippen molar-refractivity contribution in [1.29, 1.82) is 0 Å². The fourth-order valence-electron chi connectivity index (χ4n) is 2.21. The van der Waals surface area contributed by atoms with E-state index < -0.39 is 6.09 Å². The molecular weight excluding hydrogens is 296 g/mol. The molecule has 1 heterocycles. The number of amides is 1. The van der Waals surface area contributed by atoms with E-state index in [2.05, 4.69) is 25.9 Å². The quantitative estimate of drug-likeness (QED) is 0.640. The zero-order valence-corrected chi connectivity index (χ0v) is 12.5. The molecule has 1 amide bonds. The Balaban J connectivity index is 0.00000162. The van der Waals surface area contributed by atoms with E-state index in [4.69, 9.17) is 5.11 Å². The lowest BCUT2D eigenvalue weighted by Crippen LogP contribution is -3.04. The summed E-state index contributed by atoms with van der Waals surface area (Å²) in [5.41, 5.74) is 3.64. The molecule has 1 aliphatic heterocycles. The Labute approximate surface area is 117 Å². The number of carboxylic acid groups (broad SMARTS) is 1. The van der Waals surface area contributed by atoms with Gasteiger partial charge in [0.05, 0.1) is 5.56 Å². The summed E-state index contributed by atoms with van der Waals surface area (Å²) in [5.74, 6) is 0. The summed E-state index contributed by atoms with van der Waals surface area (Å²) in [6.45, 7) is 8.22. The van der Waals surface area contributed by atoms with Crippen LogP contribution in [0.1, 0.15) is 38.8 Å². The number of nitrogens with one attached hydrogen (secondary N) is 1. The fourth-order valence-corrected chi connectivity index (χ4v) is 2.21. The van der Waals surface area contributed by atoms with E-state index >= 15 is 0 Å². The molecule has 2 rings (SSSR count). The molecule has 98 valence electrons. The maximum atomic E-state index is 11.1. The Hall–Kier alpha value is -1.20. The highest BCUT2D eigenvalue weighted by molar-refractivity contribution is 6.05. The molecule has 1 unspecified atom stereocenters. The molecule has 5 heteroatoms. The van der Waals surface area contributed by atoms with Crippen molar-refractivity contribution in [3.63, 3.8) is 0 Å². The van der Waals surface area contributed by atoms with Crippen LogP contribution in [0.5, 0.6) is 0 Å². The molecule has 1 aromatic rings. The Bertz CT molecular complexity index is 518. The molecule has 0 aliphatic carbocycles. The topological polar surface area (TPSA) is 54.1 Å². The van der Waals surface area contributed by atoms with Crippen LogP contribution in [0.25, 0.3) is 0 Å². The highest BCUT2D eigenvalue weighted by Gasteiger charge is 2.35. The van der Waals surface area contributed by atoms with E-state index in [1.807, 2.05) is 25.1 Å². The van der Waals surface area contributed by atoms with Crippen LogP contribution in [0.4, 0.5) is 10.5 Å². The van der Waals surface area contributed by atoms with Gasteiger partial charge in [-0.25, -0.2) is 0 Å². The Morgan fingerprint density at radius 3 is 2.44 bits per heavy atom. The number of fused-ring (bicyclic) bond motifs is 1. The van der Waals surface area contributed by atoms with Crippen molar-refractivity contribution < 1.29 is 31.9 Å². The Kier molecular flexibility index (Phi) is 3.98. The number of nitrogens with zero attached hydrogens (tertiary/aromatic N) is 1. The maximum Gasteiger partial charge on any atom is 0.544 e. The highest BCUT2D eigenvalue weighted by atomic mass is 79.9. The number of hydrogen-bond donors (Lipinski definition) is 2. The van der Waals surface area contributed by atoms with Crippen molar-refractivity contribution in [2.45, 2.75) is 33.1 Å². The summed E-state index contributed by atoms with van der Waals surface area (Å²) in [4.78, 5) is 11.1. The monoisotopic (exact) mass is 312 g/mol. The third-order valence-corrected chi connectivity index (χ3v) is 2.97. The molecule has 0 aromatic heterocycles. The van der Waals surface area contributed by atoms with Crippen molar-refractivity contribution in [1.82, 2.24) is 0 Å². The van der Waals surface area contributed by atoms with Crippen LogP contribution in [-0.2, 0) is 5.41 Å². The predicted octanol–water partition coefficient (Wildman–Crippen LogP) is -1.08. The van der Waals surface area contributed by atoms with Gasteiger partial charge in [-0.05, 0) is 17.9 Å². The van der Waals surface area contributed by atoms with Gasteiger partial charge < -0.3 is 22.1 Å². The van der Waals surface area contributed by atoms with Crippen LogP contribution >= 0.6 is 0 Å². The van der Waals surface area contributed by atoms with Crippen LogP contribution in [0.3, 0.4) is 0 Å². The number of halogens is 1. The molecule has 4 nitrogen and oxygen atoms in total. The van der Waals surface area contributed by atoms with Gasteiger partial charge in [-0.1, -0.05) is 43.0 Å². The first kappa shape index (κ1) is 14.9. The van der Waals surface area contributed by atoms with Gasteiger partial charge in [0, 0.05) is 6.07 Å². The molecule has 2 N–H and O–H groups in total. The number of quaternary nitrogens is 1. The molecule has 1 aliphatic rings.